The van der Waals surface area contributed by atoms with E-state index in [2.05, 4.69) is 6.92 Å². The highest BCUT2D eigenvalue weighted by atomic mass is 19.1. The molecule has 1 aliphatic rings. The smallest absolute Gasteiger partial charge is 0.256 e. The Labute approximate surface area is 95.1 Å². The maximum Gasteiger partial charge on any atom is 0.256 e. The van der Waals surface area contributed by atoms with Crippen LogP contribution in [0.15, 0.2) is 24.3 Å². The molecule has 2 rings (SSSR count). The number of piperidine rings is 1. The van der Waals surface area contributed by atoms with Gasteiger partial charge in [-0.25, -0.2) is 4.39 Å². The number of amides is 1. The van der Waals surface area contributed by atoms with Crippen molar-refractivity contribution >= 4 is 5.91 Å². The van der Waals surface area contributed by atoms with Crippen LogP contribution in [0, 0.1) is 11.7 Å². The molecule has 1 aromatic carbocycles. The Morgan fingerprint density at radius 1 is 1.44 bits per heavy atom. The molecule has 2 nitrogen and oxygen atoms in total. The lowest BCUT2D eigenvalue weighted by molar-refractivity contribution is 0.0678. The van der Waals surface area contributed by atoms with Crippen LogP contribution in [-0.4, -0.2) is 23.9 Å². The predicted molar refractivity (Wildman–Crippen MR) is 60.7 cm³/mol. The summed E-state index contributed by atoms with van der Waals surface area (Å²) in [6.45, 7) is 3.62. The fourth-order valence-corrected chi connectivity index (χ4v) is 2.18. The van der Waals surface area contributed by atoms with Crippen LogP contribution in [0.2, 0.25) is 0 Å². The average Bonchev–Trinajstić information content (AvgIpc) is 2.29. The topological polar surface area (TPSA) is 20.3 Å². The van der Waals surface area contributed by atoms with Gasteiger partial charge in [0, 0.05) is 13.1 Å². The third kappa shape index (κ3) is 2.23. The zero-order valence-electron chi connectivity index (χ0n) is 9.45. The average molecular weight is 221 g/mol. The van der Waals surface area contributed by atoms with Crippen molar-refractivity contribution in [1.29, 1.82) is 0 Å². The molecule has 1 atom stereocenters. The number of benzene rings is 1. The molecule has 0 aliphatic carbocycles. The summed E-state index contributed by atoms with van der Waals surface area (Å²) in [5, 5.41) is 0. The molecular formula is C13H16FNO. The number of likely N-dealkylation sites (tertiary alicyclic amines) is 1. The maximum absolute atomic E-state index is 13.4. The van der Waals surface area contributed by atoms with Crippen molar-refractivity contribution in [2.24, 2.45) is 5.92 Å². The van der Waals surface area contributed by atoms with Gasteiger partial charge in [-0.3, -0.25) is 4.79 Å². The number of carbonyl (C=O) groups is 1. The number of halogens is 1. The van der Waals surface area contributed by atoms with Gasteiger partial charge in [0.2, 0.25) is 0 Å². The van der Waals surface area contributed by atoms with Gasteiger partial charge in [0.05, 0.1) is 5.56 Å². The minimum atomic E-state index is -0.425. The minimum absolute atomic E-state index is 0.176. The first-order chi connectivity index (χ1) is 7.68. The molecule has 1 amide bonds. The second-order valence-corrected chi connectivity index (χ2v) is 4.48. The summed E-state index contributed by atoms with van der Waals surface area (Å²) in [5.74, 6) is -0.0835. The van der Waals surface area contributed by atoms with E-state index in [1.54, 1.807) is 23.1 Å². The normalized spacial score (nSPS) is 20.9. The van der Waals surface area contributed by atoms with E-state index in [0.29, 0.717) is 5.92 Å². The molecule has 1 aliphatic heterocycles. The van der Waals surface area contributed by atoms with E-state index in [9.17, 15) is 9.18 Å². The number of hydrogen-bond acceptors (Lipinski definition) is 1. The van der Waals surface area contributed by atoms with Gasteiger partial charge < -0.3 is 4.90 Å². The molecule has 3 heteroatoms. The summed E-state index contributed by atoms with van der Waals surface area (Å²) in [7, 11) is 0. The Morgan fingerprint density at radius 3 is 2.88 bits per heavy atom. The van der Waals surface area contributed by atoms with E-state index in [1.807, 2.05) is 0 Å². The van der Waals surface area contributed by atoms with Gasteiger partial charge in [-0.05, 0) is 30.9 Å². The van der Waals surface area contributed by atoms with Crippen molar-refractivity contribution in [2.75, 3.05) is 13.1 Å². The predicted octanol–water partition coefficient (Wildman–Crippen LogP) is 2.70. The first-order valence-corrected chi connectivity index (χ1v) is 5.72. The Morgan fingerprint density at radius 2 is 2.19 bits per heavy atom. The monoisotopic (exact) mass is 221 g/mol. The molecule has 0 unspecified atom stereocenters. The van der Waals surface area contributed by atoms with E-state index in [1.165, 1.54) is 6.07 Å². The highest BCUT2D eigenvalue weighted by Crippen LogP contribution is 2.18. The molecule has 0 radical (unpaired) electrons. The van der Waals surface area contributed by atoms with Crippen molar-refractivity contribution in [3.05, 3.63) is 35.6 Å². The summed E-state index contributed by atoms with van der Waals surface area (Å²) in [5.41, 5.74) is 0.191. The van der Waals surface area contributed by atoms with E-state index >= 15 is 0 Å². The lowest BCUT2D eigenvalue weighted by Gasteiger charge is -2.31. The molecule has 0 saturated carbocycles. The van der Waals surface area contributed by atoms with E-state index in [4.69, 9.17) is 0 Å². The first-order valence-electron chi connectivity index (χ1n) is 5.72. The zero-order valence-corrected chi connectivity index (χ0v) is 9.45. The summed E-state index contributed by atoms with van der Waals surface area (Å²) in [6.07, 6.45) is 2.17. The standard InChI is InChI=1S/C13H16FNO/c1-10-5-4-8-15(9-10)13(16)11-6-2-3-7-12(11)14/h2-3,6-7,10H,4-5,8-9H2,1H3/t10-/m0/s1. The summed E-state index contributed by atoms with van der Waals surface area (Å²) in [4.78, 5) is 13.8. The first kappa shape index (κ1) is 11.1. The fourth-order valence-electron chi connectivity index (χ4n) is 2.18. The number of nitrogens with zero attached hydrogens (tertiary/aromatic N) is 1. The Bertz CT molecular complexity index is 391. The van der Waals surface area contributed by atoms with Crippen LogP contribution in [0.25, 0.3) is 0 Å². The minimum Gasteiger partial charge on any atom is -0.338 e. The molecule has 1 heterocycles. The highest BCUT2D eigenvalue weighted by Gasteiger charge is 2.23. The van der Waals surface area contributed by atoms with E-state index < -0.39 is 5.82 Å². The quantitative estimate of drug-likeness (QED) is 0.714. The second kappa shape index (κ2) is 4.64. The van der Waals surface area contributed by atoms with Gasteiger partial charge >= 0.3 is 0 Å². The van der Waals surface area contributed by atoms with Crippen LogP contribution in [0.5, 0.6) is 0 Å². The summed E-state index contributed by atoms with van der Waals surface area (Å²) in [6, 6.07) is 6.19. The molecule has 0 aromatic heterocycles. The lowest BCUT2D eigenvalue weighted by atomic mass is 9.99. The molecule has 86 valence electrons. The van der Waals surface area contributed by atoms with Crippen molar-refractivity contribution < 1.29 is 9.18 Å². The molecular weight excluding hydrogens is 205 g/mol. The van der Waals surface area contributed by atoms with Crippen LogP contribution >= 0.6 is 0 Å². The van der Waals surface area contributed by atoms with E-state index in [0.717, 1.165) is 25.9 Å². The maximum atomic E-state index is 13.4. The largest absolute Gasteiger partial charge is 0.338 e. The highest BCUT2D eigenvalue weighted by molar-refractivity contribution is 5.94. The lowest BCUT2D eigenvalue weighted by Crippen LogP contribution is -2.39. The molecule has 1 aromatic rings. The summed E-state index contributed by atoms with van der Waals surface area (Å²) < 4.78 is 13.4. The van der Waals surface area contributed by atoms with Crippen LogP contribution in [-0.2, 0) is 0 Å². The van der Waals surface area contributed by atoms with E-state index in [-0.39, 0.29) is 11.5 Å². The van der Waals surface area contributed by atoms with Crippen molar-refractivity contribution in [2.45, 2.75) is 19.8 Å². The third-order valence-corrected chi connectivity index (χ3v) is 3.05. The molecule has 0 bridgehead atoms. The van der Waals surface area contributed by atoms with Crippen molar-refractivity contribution in [3.8, 4) is 0 Å². The Kier molecular flexibility index (Phi) is 3.22. The van der Waals surface area contributed by atoms with Crippen LogP contribution in [0.4, 0.5) is 4.39 Å². The van der Waals surface area contributed by atoms with Crippen molar-refractivity contribution in [3.63, 3.8) is 0 Å². The van der Waals surface area contributed by atoms with Crippen molar-refractivity contribution in [1.82, 2.24) is 4.90 Å². The molecule has 16 heavy (non-hydrogen) atoms. The van der Waals surface area contributed by atoms with Gasteiger partial charge in [0.1, 0.15) is 5.82 Å². The number of rotatable bonds is 1. The fraction of sp³-hybridized carbons (Fsp3) is 0.462. The zero-order chi connectivity index (χ0) is 11.5. The van der Waals surface area contributed by atoms with Gasteiger partial charge in [-0.2, -0.15) is 0 Å². The van der Waals surface area contributed by atoms with Gasteiger partial charge in [-0.15, -0.1) is 0 Å². The van der Waals surface area contributed by atoms with Crippen LogP contribution in [0.1, 0.15) is 30.1 Å². The summed E-state index contributed by atoms with van der Waals surface area (Å²) >= 11 is 0. The molecule has 1 saturated heterocycles. The van der Waals surface area contributed by atoms with Crippen LogP contribution < -0.4 is 0 Å². The van der Waals surface area contributed by atoms with Gasteiger partial charge in [-0.1, -0.05) is 19.1 Å². The van der Waals surface area contributed by atoms with Gasteiger partial charge in [0.25, 0.3) is 5.91 Å². The Balaban J connectivity index is 2.16. The SMILES string of the molecule is C[C@H]1CCCN(C(=O)c2ccccc2F)C1. The second-order valence-electron chi connectivity index (χ2n) is 4.48. The molecule has 1 fully saturated rings. The van der Waals surface area contributed by atoms with Crippen LogP contribution in [0.3, 0.4) is 0 Å². The third-order valence-electron chi connectivity index (χ3n) is 3.05. The molecule has 0 spiro atoms. The number of hydrogen-bond donors (Lipinski definition) is 0. The number of carbonyl (C=O) groups excluding carboxylic acids is 1. The Hall–Kier alpha value is -1.38. The molecule has 0 N–H and O–H groups in total. The van der Waals surface area contributed by atoms with Gasteiger partial charge in [0.15, 0.2) is 0 Å².